The van der Waals surface area contributed by atoms with E-state index in [1.54, 1.807) is 29.3 Å². The summed E-state index contributed by atoms with van der Waals surface area (Å²) >= 11 is 0. The van der Waals surface area contributed by atoms with Gasteiger partial charge in [-0.15, -0.1) is 0 Å². The molecule has 3 N–H and O–H groups in total. The van der Waals surface area contributed by atoms with E-state index in [1.807, 2.05) is 0 Å². The minimum atomic E-state index is -0.0906. The third-order valence-electron chi connectivity index (χ3n) is 3.94. The summed E-state index contributed by atoms with van der Waals surface area (Å²) in [6, 6.07) is 0.284. The smallest absolute Gasteiger partial charge is 0.255 e. The summed E-state index contributed by atoms with van der Waals surface area (Å²) in [4.78, 5) is 16.3. The number of amides is 1. The Kier molecular flexibility index (Phi) is 3.64. The van der Waals surface area contributed by atoms with Crippen molar-refractivity contribution in [1.82, 2.24) is 19.9 Å². The van der Waals surface area contributed by atoms with Crippen LogP contribution in [0, 0.1) is 5.92 Å². The summed E-state index contributed by atoms with van der Waals surface area (Å²) < 4.78 is 1.65. The molecule has 106 valence electrons. The Morgan fingerprint density at radius 1 is 1.45 bits per heavy atom. The van der Waals surface area contributed by atoms with E-state index in [-0.39, 0.29) is 11.9 Å². The Hall–Kier alpha value is -1.95. The second-order valence-corrected chi connectivity index (χ2v) is 5.47. The van der Waals surface area contributed by atoms with Crippen molar-refractivity contribution in [3.63, 3.8) is 0 Å². The van der Waals surface area contributed by atoms with Crippen LogP contribution in [0.25, 0.3) is 5.52 Å². The third-order valence-corrected chi connectivity index (χ3v) is 3.94. The average molecular weight is 273 g/mol. The number of hydrogen-bond donors (Lipinski definition) is 2. The molecule has 1 amide bonds. The van der Waals surface area contributed by atoms with Crippen LogP contribution in [0.3, 0.4) is 0 Å². The number of rotatable bonds is 3. The second kappa shape index (κ2) is 5.58. The number of aromatic nitrogens is 3. The first-order chi connectivity index (χ1) is 9.74. The predicted molar refractivity (Wildman–Crippen MR) is 75.3 cm³/mol. The Labute approximate surface area is 117 Å². The SMILES string of the molecule is NC1CCCC(CNC(=O)c2cnn3ccncc23)C1. The number of carbonyl (C=O) groups is 1. The van der Waals surface area contributed by atoms with Crippen molar-refractivity contribution in [1.29, 1.82) is 0 Å². The van der Waals surface area contributed by atoms with E-state index in [1.165, 1.54) is 0 Å². The van der Waals surface area contributed by atoms with Gasteiger partial charge in [0.2, 0.25) is 0 Å². The van der Waals surface area contributed by atoms with Crippen molar-refractivity contribution in [2.24, 2.45) is 11.7 Å². The highest BCUT2D eigenvalue weighted by Crippen LogP contribution is 2.22. The number of fused-ring (bicyclic) bond motifs is 1. The number of carbonyl (C=O) groups excluding carboxylic acids is 1. The van der Waals surface area contributed by atoms with Crippen molar-refractivity contribution in [2.45, 2.75) is 31.7 Å². The van der Waals surface area contributed by atoms with Crippen LogP contribution in [0.4, 0.5) is 0 Å². The molecule has 2 aromatic heterocycles. The summed E-state index contributed by atoms with van der Waals surface area (Å²) in [5.41, 5.74) is 7.26. The van der Waals surface area contributed by atoms with Gasteiger partial charge in [-0.25, -0.2) is 4.52 Å². The van der Waals surface area contributed by atoms with Gasteiger partial charge in [0.1, 0.15) is 0 Å². The van der Waals surface area contributed by atoms with Gasteiger partial charge in [-0.3, -0.25) is 9.78 Å². The lowest BCUT2D eigenvalue weighted by molar-refractivity contribution is 0.0944. The summed E-state index contributed by atoms with van der Waals surface area (Å²) in [5.74, 6) is 0.398. The molecule has 2 aromatic rings. The minimum Gasteiger partial charge on any atom is -0.352 e. The summed E-state index contributed by atoms with van der Waals surface area (Å²) in [5, 5.41) is 7.13. The average Bonchev–Trinajstić information content (AvgIpc) is 2.89. The molecule has 6 nitrogen and oxygen atoms in total. The van der Waals surface area contributed by atoms with Crippen molar-refractivity contribution in [3.8, 4) is 0 Å². The van der Waals surface area contributed by atoms with Gasteiger partial charge in [-0.2, -0.15) is 5.10 Å². The molecule has 1 aliphatic rings. The molecule has 20 heavy (non-hydrogen) atoms. The van der Waals surface area contributed by atoms with Gasteiger partial charge in [0.05, 0.1) is 23.5 Å². The van der Waals surface area contributed by atoms with Gasteiger partial charge >= 0.3 is 0 Å². The fourth-order valence-corrected chi connectivity index (χ4v) is 2.86. The molecule has 0 saturated heterocycles. The lowest BCUT2D eigenvalue weighted by Crippen LogP contribution is -2.35. The molecule has 2 unspecified atom stereocenters. The Morgan fingerprint density at radius 3 is 3.20 bits per heavy atom. The number of nitrogens with two attached hydrogens (primary N) is 1. The highest BCUT2D eigenvalue weighted by Gasteiger charge is 2.20. The van der Waals surface area contributed by atoms with Gasteiger partial charge in [-0.1, -0.05) is 6.42 Å². The van der Waals surface area contributed by atoms with Crippen LogP contribution in [0.15, 0.2) is 24.8 Å². The van der Waals surface area contributed by atoms with Crippen LogP contribution < -0.4 is 11.1 Å². The van der Waals surface area contributed by atoms with E-state index in [0.717, 1.165) is 31.2 Å². The molecule has 2 atom stereocenters. The van der Waals surface area contributed by atoms with Crippen LogP contribution in [0.1, 0.15) is 36.0 Å². The fourth-order valence-electron chi connectivity index (χ4n) is 2.86. The first kappa shape index (κ1) is 13.1. The maximum Gasteiger partial charge on any atom is 0.255 e. The Morgan fingerprint density at radius 2 is 2.35 bits per heavy atom. The summed E-state index contributed by atoms with van der Waals surface area (Å²) in [6.45, 7) is 0.685. The Bertz CT molecular complexity index is 608. The second-order valence-electron chi connectivity index (χ2n) is 5.47. The van der Waals surface area contributed by atoms with Gasteiger partial charge in [0, 0.05) is 25.0 Å². The molecule has 0 radical (unpaired) electrons. The van der Waals surface area contributed by atoms with Crippen molar-refractivity contribution in [2.75, 3.05) is 6.54 Å². The molecule has 1 aliphatic carbocycles. The van der Waals surface area contributed by atoms with Gasteiger partial charge in [0.15, 0.2) is 0 Å². The van der Waals surface area contributed by atoms with E-state index < -0.39 is 0 Å². The molecule has 2 heterocycles. The van der Waals surface area contributed by atoms with E-state index in [2.05, 4.69) is 15.4 Å². The van der Waals surface area contributed by atoms with Crippen LogP contribution in [0.2, 0.25) is 0 Å². The van der Waals surface area contributed by atoms with Crippen LogP contribution in [0.5, 0.6) is 0 Å². The maximum absolute atomic E-state index is 12.2. The minimum absolute atomic E-state index is 0.0906. The molecular weight excluding hydrogens is 254 g/mol. The largest absolute Gasteiger partial charge is 0.352 e. The van der Waals surface area contributed by atoms with Crippen molar-refractivity contribution >= 4 is 11.4 Å². The normalized spacial score (nSPS) is 22.9. The van der Waals surface area contributed by atoms with Crippen molar-refractivity contribution in [3.05, 3.63) is 30.4 Å². The van der Waals surface area contributed by atoms with E-state index in [9.17, 15) is 4.79 Å². The van der Waals surface area contributed by atoms with Gasteiger partial charge in [0.25, 0.3) is 5.91 Å². The molecule has 1 saturated carbocycles. The van der Waals surface area contributed by atoms with Crippen molar-refractivity contribution < 1.29 is 4.79 Å². The van der Waals surface area contributed by atoms with E-state index >= 15 is 0 Å². The van der Waals surface area contributed by atoms with Crippen LogP contribution >= 0.6 is 0 Å². The molecule has 6 heteroatoms. The molecule has 0 bridgehead atoms. The molecule has 0 spiro atoms. The highest BCUT2D eigenvalue weighted by molar-refractivity contribution is 6.00. The van der Waals surface area contributed by atoms with Gasteiger partial charge < -0.3 is 11.1 Å². The summed E-state index contributed by atoms with van der Waals surface area (Å²) in [6.07, 6.45) is 11.0. The monoisotopic (exact) mass is 273 g/mol. The zero-order valence-corrected chi connectivity index (χ0v) is 11.3. The Balaban J connectivity index is 1.64. The first-order valence-electron chi connectivity index (χ1n) is 7.05. The van der Waals surface area contributed by atoms with Crippen LogP contribution in [-0.4, -0.2) is 33.1 Å². The number of nitrogens with zero attached hydrogens (tertiary/aromatic N) is 3. The predicted octanol–water partition coefficient (Wildman–Crippen LogP) is 0.977. The number of nitrogens with one attached hydrogen (secondary N) is 1. The van der Waals surface area contributed by atoms with E-state index in [4.69, 9.17) is 5.73 Å². The van der Waals surface area contributed by atoms with Gasteiger partial charge in [-0.05, 0) is 25.2 Å². The maximum atomic E-state index is 12.2. The van der Waals surface area contributed by atoms with Crippen LogP contribution in [-0.2, 0) is 0 Å². The third kappa shape index (κ3) is 2.65. The molecule has 3 rings (SSSR count). The quantitative estimate of drug-likeness (QED) is 0.873. The zero-order valence-electron chi connectivity index (χ0n) is 11.3. The first-order valence-corrected chi connectivity index (χ1v) is 7.05. The lowest BCUT2D eigenvalue weighted by atomic mass is 9.86. The molecule has 1 fully saturated rings. The molecule has 0 aromatic carbocycles. The topological polar surface area (TPSA) is 85.3 Å². The standard InChI is InChI=1S/C14H19N5O/c15-11-3-1-2-10(6-11)7-17-14(20)12-8-18-19-5-4-16-9-13(12)19/h4-5,8-11H,1-3,6-7,15H2,(H,17,20). The summed E-state index contributed by atoms with van der Waals surface area (Å²) in [7, 11) is 0. The zero-order chi connectivity index (χ0) is 13.9. The molecule has 0 aliphatic heterocycles. The van der Waals surface area contributed by atoms with E-state index in [0.29, 0.717) is 18.0 Å². The highest BCUT2D eigenvalue weighted by atomic mass is 16.1. The molecular formula is C14H19N5O. The lowest BCUT2D eigenvalue weighted by Gasteiger charge is -2.26. The number of hydrogen-bond acceptors (Lipinski definition) is 4. The fraction of sp³-hybridized carbons (Fsp3) is 0.500.